The Balaban J connectivity index is 2.36. The number of amides is 1. The summed E-state index contributed by atoms with van der Waals surface area (Å²) in [6.07, 6.45) is 4.27. The highest BCUT2D eigenvalue weighted by atomic mass is 16.3. The summed E-state index contributed by atoms with van der Waals surface area (Å²) in [6.45, 7) is 5.35. The first-order valence-electron chi connectivity index (χ1n) is 7.78. The topological polar surface area (TPSA) is 71.2 Å². The van der Waals surface area contributed by atoms with Crippen molar-refractivity contribution in [2.75, 3.05) is 19.7 Å². The van der Waals surface area contributed by atoms with Crippen LogP contribution in [0.1, 0.15) is 42.2 Å². The Morgan fingerprint density at radius 3 is 2.77 bits per heavy atom. The summed E-state index contributed by atoms with van der Waals surface area (Å²) in [5, 5.41) is 14.0. The van der Waals surface area contributed by atoms with Crippen molar-refractivity contribution in [1.82, 2.24) is 19.7 Å². The molecule has 0 radical (unpaired) electrons. The zero-order valence-corrected chi connectivity index (χ0v) is 13.5. The van der Waals surface area contributed by atoms with Crippen molar-refractivity contribution in [2.45, 2.75) is 33.1 Å². The van der Waals surface area contributed by atoms with Gasteiger partial charge in [-0.05, 0) is 25.8 Å². The number of carbonyl (C=O) groups is 1. The van der Waals surface area contributed by atoms with E-state index in [0.717, 1.165) is 29.6 Å². The normalized spacial score (nSPS) is 11.1. The van der Waals surface area contributed by atoms with Crippen LogP contribution in [-0.4, -0.2) is 50.4 Å². The summed E-state index contributed by atoms with van der Waals surface area (Å²) < 4.78 is 1.68. The molecule has 120 valence electrons. The van der Waals surface area contributed by atoms with E-state index in [2.05, 4.69) is 17.0 Å². The van der Waals surface area contributed by atoms with Gasteiger partial charge in [0.25, 0.3) is 5.91 Å². The summed E-state index contributed by atoms with van der Waals surface area (Å²) in [7, 11) is 1.82. The Hall–Kier alpha value is -1.95. The summed E-state index contributed by atoms with van der Waals surface area (Å²) in [4.78, 5) is 19.2. The Morgan fingerprint density at radius 1 is 1.36 bits per heavy atom. The largest absolute Gasteiger partial charge is 0.396 e. The maximum atomic E-state index is 12.9. The van der Waals surface area contributed by atoms with E-state index >= 15 is 0 Å². The third-order valence-electron chi connectivity index (χ3n) is 3.72. The second kappa shape index (κ2) is 7.35. The van der Waals surface area contributed by atoms with E-state index in [1.807, 2.05) is 24.9 Å². The number of hydrogen-bond donors (Lipinski definition) is 1. The molecule has 6 nitrogen and oxygen atoms in total. The van der Waals surface area contributed by atoms with E-state index in [9.17, 15) is 4.79 Å². The van der Waals surface area contributed by atoms with Crippen LogP contribution in [0.4, 0.5) is 0 Å². The minimum Gasteiger partial charge on any atom is -0.396 e. The number of pyridine rings is 1. The fourth-order valence-electron chi connectivity index (χ4n) is 2.51. The van der Waals surface area contributed by atoms with Gasteiger partial charge in [-0.3, -0.25) is 9.48 Å². The molecule has 0 unspecified atom stereocenters. The minimum absolute atomic E-state index is 0.00889. The van der Waals surface area contributed by atoms with Crippen LogP contribution < -0.4 is 0 Å². The first kappa shape index (κ1) is 16.4. The molecular formula is C16H24N4O2. The highest BCUT2D eigenvalue weighted by Crippen LogP contribution is 2.20. The number of rotatable bonds is 7. The minimum atomic E-state index is -0.00889. The van der Waals surface area contributed by atoms with Crippen LogP contribution in [0.5, 0.6) is 0 Å². The van der Waals surface area contributed by atoms with Gasteiger partial charge in [0.2, 0.25) is 0 Å². The first-order valence-corrected chi connectivity index (χ1v) is 7.78. The third kappa shape index (κ3) is 3.44. The molecule has 0 bridgehead atoms. The lowest BCUT2D eigenvalue weighted by atomic mass is 10.1. The number of aryl methyl sites for hydroxylation is 2. The predicted octanol–water partition coefficient (Wildman–Crippen LogP) is 1.90. The fourth-order valence-corrected chi connectivity index (χ4v) is 2.51. The highest BCUT2D eigenvalue weighted by Gasteiger charge is 2.20. The van der Waals surface area contributed by atoms with E-state index in [-0.39, 0.29) is 12.5 Å². The van der Waals surface area contributed by atoms with Crippen LogP contribution in [-0.2, 0) is 7.05 Å². The van der Waals surface area contributed by atoms with Crippen molar-refractivity contribution < 1.29 is 9.90 Å². The molecule has 1 N–H and O–H groups in total. The second-order valence-electron chi connectivity index (χ2n) is 5.54. The second-order valence-corrected chi connectivity index (χ2v) is 5.54. The Labute approximate surface area is 130 Å². The summed E-state index contributed by atoms with van der Waals surface area (Å²) in [6, 6.07) is 1.82. The molecule has 0 saturated carbocycles. The van der Waals surface area contributed by atoms with Crippen LogP contribution in [0.2, 0.25) is 0 Å². The van der Waals surface area contributed by atoms with E-state index in [4.69, 9.17) is 5.11 Å². The number of aliphatic hydroxyl groups excluding tert-OH is 1. The predicted molar refractivity (Wildman–Crippen MR) is 85.8 cm³/mol. The molecule has 2 aromatic rings. The smallest absolute Gasteiger partial charge is 0.254 e. The van der Waals surface area contributed by atoms with E-state index < -0.39 is 0 Å². The zero-order valence-electron chi connectivity index (χ0n) is 13.5. The molecule has 0 aliphatic heterocycles. The molecule has 2 aromatic heterocycles. The van der Waals surface area contributed by atoms with E-state index in [1.54, 1.807) is 10.9 Å². The number of unbranched alkanes of at least 4 members (excludes halogenated alkanes) is 1. The van der Waals surface area contributed by atoms with Gasteiger partial charge in [-0.15, -0.1) is 0 Å². The summed E-state index contributed by atoms with van der Waals surface area (Å²) in [5.74, 6) is -0.00889. The zero-order chi connectivity index (χ0) is 16.1. The van der Waals surface area contributed by atoms with Crippen molar-refractivity contribution in [3.63, 3.8) is 0 Å². The molecule has 0 saturated heterocycles. The quantitative estimate of drug-likeness (QED) is 0.848. The van der Waals surface area contributed by atoms with Crippen LogP contribution in [0.3, 0.4) is 0 Å². The molecule has 1 amide bonds. The average molecular weight is 304 g/mol. The Bertz CT molecular complexity index is 643. The first-order chi connectivity index (χ1) is 10.6. The highest BCUT2D eigenvalue weighted by molar-refractivity contribution is 6.05. The molecule has 0 spiro atoms. The van der Waals surface area contributed by atoms with Gasteiger partial charge in [0.1, 0.15) is 0 Å². The Morgan fingerprint density at radius 2 is 2.09 bits per heavy atom. The molecule has 6 heteroatoms. The summed E-state index contributed by atoms with van der Waals surface area (Å²) in [5.41, 5.74) is 2.17. The van der Waals surface area contributed by atoms with Crippen molar-refractivity contribution in [3.05, 3.63) is 23.5 Å². The van der Waals surface area contributed by atoms with Crippen molar-refractivity contribution in [2.24, 2.45) is 7.05 Å². The van der Waals surface area contributed by atoms with Gasteiger partial charge in [-0.1, -0.05) is 13.3 Å². The molecular weight excluding hydrogens is 280 g/mol. The number of nitrogens with zero attached hydrogens (tertiary/aromatic N) is 4. The molecule has 2 heterocycles. The fraction of sp³-hybridized carbons (Fsp3) is 0.562. The van der Waals surface area contributed by atoms with Crippen LogP contribution >= 0.6 is 0 Å². The van der Waals surface area contributed by atoms with Gasteiger partial charge in [0.15, 0.2) is 5.65 Å². The lowest BCUT2D eigenvalue weighted by Gasteiger charge is -2.22. The number of carbonyl (C=O) groups excluding carboxylic acids is 1. The van der Waals surface area contributed by atoms with Crippen LogP contribution in [0.25, 0.3) is 11.0 Å². The monoisotopic (exact) mass is 304 g/mol. The molecule has 0 aromatic carbocycles. The summed E-state index contributed by atoms with van der Waals surface area (Å²) >= 11 is 0. The molecule has 22 heavy (non-hydrogen) atoms. The van der Waals surface area contributed by atoms with Gasteiger partial charge < -0.3 is 10.0 Å². The standard InChI is InChI=1S/C16H24N4O2/c1-4-5-7-20(8-6-9-21)16(22)13-10-12(2)18-15-14(13)11-17-19(15)3/h10-11,21H,4-9H2,1-3H3. The molecule has 0 atom stereocenters. The van der Waals surface area contributed by atoms with Crippen LogP contribution in [0, 0.1) is 6.92 Å². The molecule has 0 aliphatic rings. The lowest BCUT2D eigenvalue weighted by Crippen LogP contribution is -2.33. The maximum Gasteiger partial charge on any atom is 0.254 e. The van der Waals surface area contributed by atoms with Gasteiger partial charge in [0.05, 0.1) is 17.1 Å². The van der Waals surface area contributed by atoms with Crippen molar-refractivity contribution in [3.8, 4) is 0 Å². The van der Waals surface area contributed by atoms with E-state index in [0.29, 0.717) is 25.1 Å². The van der Waals surface area contributed by atoms with Gasteiger partial charge in [-0.25, -0.2) is 4.98 Å². The third-order valence-corrected chi connectivity index (χ3v) is 3.72. The van der Waals surface area contributed by atoms with Crippen molar-refractivity contribution >= 4 is 16.9 Å². The Kier molecular flexibility index (Phi) is 5.49. The van der Waals surface area contributed by atoms with E-state index in [1.165, 1.54) is 0 Å². The lowest BCUT2D eigenvalue weighted by molar-refractivity contribution is 0.0744. The van der Waals surface area contributed by atoms with Crippen molar-refractivity contribution in [1.29, 1.82) is 0 Å². The molecule has 0 fully saturated rings. The average Bonchev–Trinajstić information content (AvgIpc) is 2.87. The van der Waals surface area contributed by atoms with Gasteiger partial charge >= 0.3 is 0 Å². The van der Waals surface area contributed by atoms with Gasteiger partial charge in [0, 0.05) is 32.4 Å². The molecule has 0 aliphatic carbocycles. The number of aliphatic hydroxyl groups is 1. The SMILES string of the molecule is CCCCN(CCCO)C(=O)c1cc(C)nc2c1cnn2C. The number of fused-ring (bicyclic) bond motifs is 1. The van der Waals surface area contributed by atoms with Gasteiger partial charge in [-0.2, -0.15) is 5.10 Å². The number of aromatic nitrogens is 3. The molecule has 2 rings (SSSR count). The maximum absolute atomic E-state index is 12.9. The van der Waals surface area contributed by atoms with Crippen LogP contribution in [0.15, 0.2) is 12.3 Å². The number of hydrogen-bond acceptors (Lipinski definition) is 4.